The van der Waals surface area contributed by atoms with Crippen LogP contribution in [0.4, 0.5) is 0 Å². The Morgan fingerprint density at radius 1 is 1.36 bits per heavy atom. The van der Waals surface area contributed by atoms with E-state index >= 15 is 0 Å². The molecule has 0 unspecified atom stereocenters. The van der Waals surface area contributed by atoms with Gasteiger partial charge in [0.1, 0.15) is 0 Å². The lowest BCUT2D eigenvalue weighted by Crippen LogP contribution is -2.28. The van der Waals surface area contributed by atoms with Gasteiger partial charge < -0.3 is 10.7 Å². The van der Waals surface area contributed by atoms with Gasteiger partial charge in [0.25, 0.3) is 0 Å². The zero-order valence-electron chi connectivity index (χ0n) is 8.26. The summed E-state index contributed by atoms with van der Waals surface area (Å²) in [5.74, 6) is 0. The molecule has 0 aliphatic heterocycles. The number of rotatable bonds is 1. The van der Waals surface area contributed by atoms with E-state index in [1.165, 1.54) is 0 Å². The smallest absolute Gasteiger partial charge is 0.0647 e. The fraction of sp³-hybridized carbons (Fsp3) is 0.273. The molecule has 0 spiro atoms. The number of para-hydroxylation sites is 1. The highest BCUT2D eigenvalue weighted by atomic mass is 35.5. The van der Waals surface area contributed by atoms with Gasteiger partial charge in [-0.3, -0.25) is 0 Å². The minimum Gasteiger partial charge on any atom is -0.360 e. The molecule has 2 rings (SSSR count). The summed E-state index contributed by atoms with van der Waals surface area (Å²) in [4.78, 5) is 3.15. The first-order valence-electron chi connectivity index (χ1n) is 4.55. The molecule has 74 valence electrons. The topological polar surface area (TPSA) is 41.8 Å². The lowest BCUT2D eigenvalue weighted by Gasteiger charge is -2.17. The highest BCUT2D eigenvalue weighted by Crippen LogP contribution is 2.30. The molecular formula is C11H13ClN2. The number of hydrogen-bond acceptors (Lipinski definition) is 1. The van der Waals surface area contributed by atoms with Gasteiger partial charge >= 0.3 is 0 Å². The Bertz CT molecular complexity index is 466. The third-order valence-corrected chi connectivity index (χ3v) is 2.67. The van der Waals surface area contributed by atoms with Gasteiger partial charge in [0.2, 0.25) is 0 Å². The molecule has 0 amide bonds. The maximum absolute atomic E-state index is 6.05. The first-order valence-corrected chi connectivity index (χ1v) is 4.93. The zero-order valence-corrected chi connectivity index (χ0v) is 9.02. The number of halogens is 1. The predicted octanol–water partition coefficient (Wildman–Crippen LogP) is 3.02. The molecule has 0 saturated carbocycles. The van der Waals surface area contributed by atoms with Crippen LogP contribution in [-0.4, -0.2) is 4.98 Å². The first kappa shape index (κ1) is 9.56. The molecule has 0 fully saturated rings. The molecule has 14 heavy (non-hydrogen) atoms. The fourth-order valence-electron chi connectivity index (χ4n) is 1.65. The van der Waals surface area contributed by atoms with E-state index in [0.717, 1.165) is 21.5 Å². The molecule has 3 N–H and O–H groups in total. The van der Waals surface area contributed by atoms with Crippen molar-refractivity contribution in [3.63, 3.8) is 0 Å². The van der Waals surface area contributed by atoms with E-state index in [1.54, 1.807) is 0 Å². The van der Waals surface area contributed by atoms with Gasteiger partial charge in [-0.15, -0.1) is 0 Å². The van der Waals surface area contributed by atoms with Crippen molar-refractivity contribution in [2.24, 2.45) is 5.73 Å². The van der Waals surface area contributed by atoms with E-state index in [9.17, 15) is 0 Å². The third kappa shape index (κ3) is 1.41. The summed E-state index contributed by atoms with van der Waals surface area (Å²) in [6, 6.07) is 5.84. The second-order valence-corrected chi connectivity index (χ2v) is 4.49. The molecule has 3 heteroatoms. The summed E-state index contributed by atoms with van der Waals surface area (Å²) >= 11 is 6.05. The quantitative estimate of drug-likeness (QED) is 0.743. The van der Waals surface area contributed by atoms with Crippen LogP contribution >= 0.6 is 11.6 Å². The maximum atomic E-state index is 6.05. The lowest BCUT2D eigenvalue weighted by molar-refractivity contribution is 0.559. The van der Waals surface area contributed by atoms with Crippen molar-refractivity contribution in [3.8, 4) is 0 Å². The zero-order chi connectivity index (χ0) is 10.3. The standard InChI is InChI=1S/C11H13ClN2/c1-11(2,13)8-6-14-10-7(8)4-3-5-9(10)12/h3-6,14H,13H2,1-2H3. The second kappa shape index (κ2) is 3.01. The highest BCUT2D eigenvalue weighted by Gasteiger charge is 2.18. The molecule has 0 saturated heterocycles. The Morgan fingerprint density at radius 2 is 2.07 bits per heavy atom. The van der Waals surface area contributed by atoms with Crippen LogP contribution in [0.25, 0.3) is 10.9 Å². The molecule has 1 aromatic carbocycles. The molecule has 2 aromatic rings. The molecule has 1 heterocycles. The summed E-state index contributed by atoms with van der Waals surface area (Å²) in [5, 5.41) is 1.84. The van der Waals surface area contributed by atoms with Gasteiger partial charge in [-0.05, 0) is 25.5 Å². The molecule has 0 radical (unpaired) electrons. The van der Waals surface area contributed by atoms with Crippen LogP contribution in [0.1, 0.15) is 19.4 Å². The number of aromatic nitrogens is 1. The number of aromatic amines is 1. The van der Waals surface area contributed by atoms with E-state index in [2.05, 4.69) is 4.98 Å². The Kier molecular flexibility index (Phi) is 2.05. The predicted molar refractivity (Wildman–Crippen MR) is 60.5 cm³/mol. The van der Waals surface area contributed by atoms with Crippen LogP contribution < -0.4 is 5.73 Å². The number of hydrogen-bond donors (Lipinski definition) is 2. The molecular weight excluding hydrogens is 196 g/mol. The number of nitrogens with two attached hydrogens (primary N) is 1. The summed E-state index contributed by atoms with van der Waals surface area (Å²) in [5.41, 5.74) is 7.76. The summed E-state index contributed by atoms with van der Waals surface area (Å²) in [7, 11) is 0. The summed E-state index contributed by atoms with van der Waals surface area (Å²) in [6.07, 6.45) is 1.93. The van der Waals surface area contributed by atoms with Crippen LogP contribution in [0.2, 0.25) is 5.02 Å². The SMILES string of the molecule is CC(C)(N)c1c[nH]c2c(Cl)cccc12. The number of H-pyrrole nitrogens is 1. The fourth-order valence-corrected chi connectivity index (χ4v) is 1.88. The monoisotopic (exact) mass is 208 g/mol. The molecule has 0 atom stereocenters. The number of benzene rings is 1. The van der Waals surface area contributed by atoms with E-state index in [1.807, 2.05) is 38.2 Å². The van der Waals surface area contributed by atoms with Gasteiger partial charge in [0.15, 0.2) is 0 Å². The van der Waals surface area contributed by atoms with Gasteiger partial charge in [-0.25, -0.2) is 0 Å². The van der Waals surface area contributed by atoms with Crippen LogP contribution in [0.3, 0.4) is 0 Å². The van der Waals surface area contributed by atoms with Crippen LogP contribution in [-0.2, 0) is 5.54 Å². The van der Waals surface area contributed by atoms with Crippen molar-refractivity contribution >= 4 is 22.5 Å². The van der Waals surface area contributed by atoms with Crippen molar-refractivity contribution in [2.75, 3.05) is 0 Å². The molecule has 1 aromatic heterocycles. The molecule has 2 nitrogen and oxygen atoms in total. The third-order valence-electron chi connectivity index (χ3n) is 2.36. The molecule has 0 aliphatic rings. The molecule has 0 bridgehead atoms. The van der Waals surface area contributed by atoms with E-state index < -0.39 is 0 Å². The van der Waals surface area contributed by atoms with Crippen LogP contribution in [0.5, 0.6) is 0 Å². The minimum atomic E-state index is -0.344. The van der Waals surface area contributed by atoms with Gasteiger partial charge in [-0.2, -0.15) is 0 Å². The van der Waals surface area contributed by atoms with Crippen molar-refractivity contribution in [1.29, 1.82) is 0 Å². The van der Waals surface area contributed by atoms with Gasteiger partial charge in [-0.1, -0.05) is 23.7 Å². The largest absolute Gasteiger partial charge is 0.360 e. The number of nitrogens with one attached hydrogen (secondary N) is 1. The Hall–Kier alpha value is -0.990. The average molecular weight is 209 g/mol. The van der Waals surface area contributed by atoms with Crippen molar-refractivity contribution < 1.29 is 0 Å². The van der Waals surface area contributed by atoms with E-state index in [4.69, 9.17) is 17.3 Å². The highest BCUT2D eigenvalue weighted by molar-refractivity contribution is 6.35. The summed E-state index contributed by atoms with van der Waals surface area (Å²) < 4.78 is 0. The van der Waals surface area contributed by atoms with Crippen LogP contribution in [0, 0.1) is 0 Å². The van der Waals surface area contributed by atoms with Crippen LogP contribution in [0.15, 0.2) is 24.4 Å². The van der Waals surface area contributed by atoms with Gasteiger partial charge in [0.05, 0.1) is 10.5 Å². The van der Waals surface area contributed by atoms with E-state index in [0.29, 0.717) is 0 Å². The van der Waals surface area contributed by atoms with E-state index in [-0.39, 0.29) is 5.54 Å². The minimum absolute atomic E-state index is 0.344. The Balaban J connectivity index is 2.76. The maximum Gasteiger partial charge on any atom is 0.0647 e. The second-order valence-electron chi connectivity index (χ2n) is 4.09. The summed E-state index contributed by atoms with van der Waals surface area (Å²) in [6.45, 7) is 3.97. The van der Waals surface area contributed by atoms with Crippen molar-refractivity contribution in [2.45, 2.75) is 19.4 Å². The first-order chi connectivity index (χ1) is 6.50. The van der Waals surface area contributed by atoms with Crippen molar-refractivity contribution in [1.82, 2.24) is 4.98 Å². The lowest BCUT2D eigenvalue weighted by atomic mass is 9.95. The Morgan fingerprint density at radius 3 is 2.71 bits per heavy atom. The van der Waals surface area contributed by atoms with Crippen molar-refractivity contribution in [3.05, 3.63) is 35.0 Å². The van der Waals surface area contributed by atoms with Gasteiger partial charge in [0, 0.05) is 17.1 Å². The average Bonchev–Trinajstić information content (AvgIpc) is 2.47. The normalized spacial score (nSPS) is 12.3. The number of fused-ring (bicyclic) bond motifs is 1. The Labute approximate surface area is 88.1 Å². The molecule has 0 aliphatic carbocycles.